The smallest absolute Gasteiger partial charge is 0.251 e. The van der Waals surface area contributed by atoms with Crippen molar-refractivity contribution < 1.29 is 4.79 Å². The Morgan fingerprint density at radius 2 is 1.96 bits per heavy atom. The van der Waals surface area contributed by atoms with Crippen LogP contribution < -0.4 is 10.9 Å². The zero-order valence-electron chi connectivity index (χ0n) is 15.0. The molecule has 0 atom stereocenters. The molecule has 0 spiro atoms. The molecule has 26 heavy (non-hydrogen) atoms. The minimum atomic E-state index is -0.189. The number of nitrogens with one attached hydrogen (secondary N) is 2. The van der Waals surface area contributed by atoms with Crippen LogP contribution >= 0.6 is 0 Å². The minimum Gasteiger partial charge on any atom is -0.326 e. The maximum Gasteiger partial charge on any atom is 0.251 e. The lowest BCUT2D eigenvalue weighted by Gasteiger charge is -2.07. The van der Waals surface area contributed by atoms with E-state index in [1.165, 1.54) is 6.07 Å². The lowest BCUT2D eigenvalue weighted by atomic mass is 10.2. The predicted molar refractivity (Wildman–Crippen MR) is 100.0 cm³/mol. The summed E-state index contributed by atoms with van der Waals surface area (Å²) in [4.78, 5) is 30.8. The average molecular weight is 351 g/mol. The summed E-state index contributed by atoms with van der Waals surface area (Å²) >= 11 is 0. The van der Waals surface area contributed by atoms with E-state index in [1.807, 2.05) is 30.8 Å². The normalized spacial score (nSPS) is 10.9. The molecule has 0 aliphatic rings. The van der Waals surface area contributed by atoms with E-state index >= 15 is 0 Å². The molecule has 0 fully saturated rings. The highest BCUT2D eigenvalue weighted by molar-refractivity contribution is 5.92. The van der Waals surface area contributed by atoms with Crippen molar-refractivity contribution in [3.8, 4) is 11.4 Å². The maximum atomic E-state index is 12.2. The number of carbonyl (C=O) groups is 1. The molecule has 3 rings (SSSR count). The van der Waals surface area contributed by atoms with E-state index in [-0.39, 0.29) is 23.9 Å². The molecule has 0 unspecified atom stereocenters. The summed E-state index contributed by atoms with van der Waals surface area (Å²) in [6.07, 6.45) is 2.09. The highest BCUT2D eigenvalue weighted by atomic mass is 16.1. The highest BCUT2D eigenvalue weighted by Crippen LogP contribution is 2.17. The van der Waals surface area contributed by atoms with Crippen molar-refractivity contribution in [2.75, 3.05) is 5.32 Å². The number of hydrogen-bond acceptors (Lipinski definition) is 4. The van der Waals surface area contributed by atoms with Crippen LogP contribution in [0.4, 0.5) is 5.69 Å². The van der Waals surface area contributed by atoms with Gasteiger partial charge in [0.15, 0.2) is 0 Å². The zero-order valence-corrected chi connectivity index (χ0v) is 15.0. The Kier molecular flexibility index (Phi) is 4.97. The lowest BCUT2D eigenvalue weighted by molar-refractivity contribution is -0.115. The van der Waals surface area contributed by atoms with Crippen LogP contribution in [0.2, 0.25) is 0 Å². The number of carbonyl (C=O) groups excluding carboxylic acids is 1. The van der Waals surface area contributed by atoms with E-state index in [4.69, 9.17) is 0 Å². The van der Waals surface area contributed by atoms with Gasteiger partial charge in [0, 0.05) is 35.2 Å². The molecule has 2 heterocycles. The van der Waals surface area contributed by atoms with Crippen LogP contribution in [0.1, 0.15) is 31.3 Å². The molecule has 1 amide bonds. The van der Waals surface area contributed by atoms with Gasteiger partial charge in [-0.3, -0.25) is 14.3 Å². The van der Waals surface area contributed by atoms with Crippen LogP contribution in [0.5, 0.6) is 0 Å². The van der Waals surface area contributed by atoms with Gasteiger partial charge in [-0.25, -0.2) is 4.98 Å². The van der Waals surface area contributed by atoms with Crippen LogP contribution in [0.15, 0.2) is 47.4 Å². The van der Waals surface area contributed by atoms with Crippen molar-refractivity contribution in [3.63, 3.8) is 0 Å². The van der Waals surface area contributed by atoms with E-state index in [2.05, 4.69) is 20.4 Å². The fourth-order valence-electron chi connectivity index (χ4n) is 2.56. The summed E-state index contributed by atoms with van der Waals surface area (Å²) in [6.45, 7) is 5.84. The molecule has 1 aromatic carbocycles. The molecule has 7 nitrogen and oxygen atoms in total. The SMILES string of the molecule is Cc1cc(=O)[nH]c(-c2ccc(NC(=O)Cc3ccn(C(C)C)n3)cc2)n1. The molecule has 2 N–H and O–H groups in total. The van der Waals surface area contributed by atoms with Gasteiger partial charge in [-0.1, -0.05) is 0 Å². The number of anilines is 1. The first-order valence-electron chi connectivity index (χ1n) is 8.43. The van der Waals surface area contributed by atoms with Crippen LogP contribution in [-0.4, -0.2) is 25.7 Å². The molecule has 2 aromatic heterocycles. The van der Waals surface area contributed by atoms with Gasteiger partial charge >= 0.3 is 0 Å². The molecule has 134 valence electrons. The van der Waals surface area contributed by atoms with E-state index in [0.717, 1.165) is 11.3 Å². The van der Waals surface area contributed by atoms with Gasteiger partial charge < -0.3 is 10.3 Å². The summed E-state index contributed by atoms with van der Waals surface area (Å²) in [7, 11) is 0. The van der Waals surface area contributed by atoms with Crippen molar-refractivity contribution in [2.24, 2.45) is 0 Å². The Bertz CT molecular complexity index is 970. The molecule has 0 saturated heterocycles. The topological polar surface area (TPSA) is 92.7 Å². The van der Waals surface area contributed by atoms with Crippen LogP contribution in [0.25, 0.3) is 11.4 Å². The summed E-state index contributed by atoms with van der Waals surface area (Å²) in [5.74, 6) is 0.376. The monoisotopic (exact) mass is 351 g/mol. The second-order valence-corrected chi connectivity index (χ2v) is 6.42. The maximum absolute atomic E-state index is 12.2. The van der Waals surface area contributed by atoms with Gasteiger partial charge in [-0.15, -0.1) is 0 Å². The Balaban J connectivity index is 1.66. The lowest BCUT2D eigenvalue weighted by Crippen LogP contribution is -2.15. The first kappa shape index (κ1) is 17.6. The third-order valence-electron chi connectivity index (χ3n) is 3.85. The minimum absolute atomic E-state index is 0.131. The Morgan fingerprint density at radius 3 is 2.58 bits per heavy atom. The van der Waals surface area contributed by atoms with E-state index in [9.17, 15) is 9.59 Å². The summed E-state index contributed by atoms with van der Waals surface area (Å²) in [6, 6.07) is 10.7. The number of aromatic nitrogens is 4. The fourth-order valence-corrected chi connectivity index (χ4v) is 2.56. The zero-order chi connectivity index (χ0) is 18.7. The fraction of sp³-hybridized carbons (Fsp3) is 0.263. The Hall–Kier alpha value is -3.22. The van der Waals surface area contributed by atoms with Gasteiger partial charge in [-0.2, -0.15) is 5.10 Å². The van der Waals surface area contributed by atoms with E-state index in [1.54, 1.807) is 31.2 Å². The van der Waals surface area contributed by atoms with Gasteiger partial charge in [0.1, 0.15) is 5.82 Å². The second-order valence-electron chi connectivity index (χ2n) is 6.42. The van der Waals surface area contributed by atoms with Crippen molar-refractivity contribution in [3.05, 3.63) is 64.3 Å². The number of benzene rings is 1. The van der Waals surface area contributed by atoms with Crippen molar-refractivity contribution in [1.82, 2.24) is 19.7 Å². The number of aryl methyl sites for hydroxylation is 1. The molecule has 0 radical (unpaired) electrons. The van der Waals surface area contributed by atoms with Gasteiger partial charge in [0.25, 0.3) is 5.56 Å². The van der Waals surface area contributed by atoms with Crippen molar-refractivity contribution in [1.29, 1.82) is 0 Å². The standard InChI is InChI=1S/C19H21N5O2/c1-12(2)24-9-8-16(23-24)11-18(26)21-15-6-4-14(5-7-15)19-20-13(3)10-17(25)22-19/h4-10,12H,11H2,1-3H3,(H,21,26)(H,20,22,25). The summed E-state index contributed by atoms with van der Waals surface area (Å²) < 4.78 is 1.83. The second kappa shape index (κ2) is 7.35. The molecular weight excluding hydrogens is 330 g/mol. The molecule has 7 heteroatoms. The number of aromatic amines is 1. The molecular formula is C19H21N5O2. The molecule has 0 saturated carbocycles. The number of amides is 1. The number of nitrogens with zero attached hydrogens (tertiary/aromatic N) is 3. The summed E-state index contributed by atoms with van der Waals surface area (Å²) in [5, 5.41) is 7.23. The molecule has 0 bridgehead atoms. The van der Waals surface area contributed by atoms with Crippen LogP contribution in [-0.2, 0) is 11.2 Å². The first-order valence-corrected chi connectivity index (χ1v) is 8.43. The largest absolute Gasteiger partial charge is 0.326 e. The third kappa shape index (κ3) is 4.24. The quantitative estimate of drug-likeness (QED) is 0.739. The van der Waals surface area contributed by atoms with Crippen LogP contribution in [0, 0.1) is 6.92 Å². The highest BCUT2D eigenvalue weighted by Gasteiger charge is 2.09. The Morgan fingerprint density at radius 1 is 1.23 bits per heavy atom. The predicted octanol–water partition coefficient (Wildman–Crippen LogP) is 2.70. The van der Waals surface area contributed by atoms with Gasteiger partial charge in [0.05, 0.1) is 12.1 Å². The summed E-state index contributed by atoms with van der Waals surface area (Å²) in [5.41, 5.74) is 2.65. The number of H-pyrrole nitrogens is 1. The molecule has 0 aliphatic carbocycles. The third-order valence-corrected chi connectivity index (χ3v) is 3.85. The molecule has 0 aliphatic heterocycles. The van der Waals surface area contributed by atoms with E-state index < -0.39 is 0 Å². The first-order chi connectivity index (χ1) is 12.4. The molecule has 3 aromatic rings. The van der Waals surface area contributed by atoms with Crippen molar-refractivity contribution >= 4 is 11.6 Å². The van der Waals surface area contributed by atoms with Gasteiger partial charge in [0.2, 0.25) is 5.91 Å². The number of rotatable bonds is 5. The van der Waals surface area contributed by atoms with E-state index in [0.29, 0.717) is 17.2 Å². The van der Waals surface area contributed by atoms with Crippen LogP contribution in [0.3, 0.4) is 0 Å². The average Bonchev–Trinajstić information content (AvgIpc) is 3.03. The van der Waals surface area contributed by atoms with Gasteiger partial charge in [-0.05, 0) is 51.1 Å². The van der Waals surface area contributed by atoms with Crippen molar-refractivity contribution in [2.45, 2.75) is 33.2 Å². The Labute approximate surface area is 151 Å². The number of hydrogen-bond donors (Lipinski definition) is 2.